The molecule has 2 heteroatoms. The van der Waals surface area contributed by atoms with Crippen LogP contribution in [0.1, 0.15) is 22.4 Å². The Labute approximate surface area is 125 Å². The topological polar surface area (TPSA) is 33.1 Å². The van der Waals surface area contributed by atoms with E-state index < -0.39 is 0 Å². The summed E-state index contributed by atoms with van der Waals surface area (Å²) in [5.74, 6) is 0.338. The van der Waals surface area contributed by atoms with Crippen molar-refractivity contribution in [2.45, 2.75) is 12.8 Å². The lowest BCUT2D eigenvalue weighted by molar-refractivity contribution is 0.464. The molecule has 0 fully saturated rings. The highest BCUT2D eigenvalue weighted by atomic mass is 16.3. The van der Waals surface area contributed by atoms with E-state index in [4.69, 9.17) is 0 Å². The molecule has 0 aliphatic heterocycles. The van der Waals surface area contributed by atoms with Crippen molar-refractivity contribution < 1.29 is 5.11 Å². The summed E-state index contributed by atoms with van der Waals surface area (Å²) < 4.78 is 0. The van der Waals surface area contributed by atoms with Crippen molar-refractivity contribution in [1.29, 1.82) is 0 Å². The first-order chi connectivity index (χ1) is 10.2. The zero-order valence-corrected chi connectivity index (χ0v) is 12.0. The van der Waals surface area contributed by atoms with Gasteiger partial charge >= 0.3 is 0 Å². The molecular formula is C19H19NO. The van der Waals surface area contributed by atoms with Crippen molar-refractivity contribution in [3.63, 3.8) is 0 Å². The van der Waals surface area contributed by atoms with Gasteiger partial charge in [0.25, 0.3) is 0 Å². The van der Waals surface area contributed by atoms with Gasteiger partial charge in [0.05, 0.1) is 5.69 Å². The summed E-state index contributed by atoms with van der Waals surface area (Å²) in [6, 6.07) is 9.75. The predicted molar refractivity (Wildman–Crippen MR) is 89.1 cm³/mol. The smallest absolute Gasteiger partial charge is 0.122 e. The van der Waals surface area contributed by atoms with Crippen molar-refractivity contribution >= 4 is 12.2 Å². The van der Waals surface area contributed by atoms with Gasteiger partial charge in [-0.15, -0.1) is 13.2 Å². The third-order valence-electron chi connectivity index (χ3n) is 3.15. The lowest BCUT2D eigenvalue weighted by atomic mass is 9.99. The lowest BCUT2D eigenvalue weighted by Gasteiger charge is -2.09. The van der Waals surface area contributed by atoms with E-state index in [0.29, 0.717) is 18.6 Å². The maximum atomic E-state index is 10.2. The fourth-order valence-electron chi connectivity index (χ4n) is 2.16. The van der Waals surface area contributed by atoms with Gasteiger partial charge in [0.15, 0.2) is 0 Å². The second-order valence-corrected chi connectivity index (χ2v) is 4.76. The summed E-state index contributed by atoms with van der Waals surface area (Å²) in [4.78, 5) is 4.26. The fraction of sp³-hybridized carbons (Fsp3) is 0.105. The molecule has 1 aromatic heterocycles. The molecule has 2 aromatic rings. The Morgan fingerprint density at radius 3 is 2.19 bits per heavy atom. The highest BCUT2D eigenvalue weighted by molar-refractivity contribution is 5.69. The lowest BCUT2D eigenvalue weighted by Crippen LogP contribution is -1.91. The monoisotopic (exact) mass is 277 g/mol. The van der Waals surface area contributed by atoms with Crippen molar-refractivity contribution in [2.24, 2.45) is 0 Å². The van der Waals surface area contributed by atoms with Gasteiger partial charge in [-0.3, -0.25) is 4.98 Å². The average molecular weight is 277 g/mol. The summed E-state index contributed by atoms with van der Waals surface area (Å²) >= 11 is 0. The van der Waals surface area contributed by atoms with Gasteiger partial charge in [-0.2, -0.15) is 0 Å². The molecule has 21 heavy (non-hydrogen) atoms. The average Bonchev–Trinajstić information content (AvgIpc) is 2.51. The van der Waals surface area contributed by atoms with Gasteiger partial charge in [-0.05, 0) is 59.9 Å². The van der Waals surface area contributed by atoms with Crippen LogP contribution in [-0.2, 0) is 12.8 Å². The van der Waals surface area contributed by atoms with Gasteiger partial charge < -0.3 is 5.11 Å². The minimum absolute atomic E-state index is 0.338. The van der Waals surface area contributed by atoms with Gasteiger partial charge in [-0.1, -0.05) is 24.3 Å². The number of nitrogens with zero attached hydrogens (tertiary/aromatic N) is 1. The van der Waals surface area contributed by atoms with Crippen LogP contribution in [0.15, 0.2) is 61.8 Å². The summed E-state index contributed by atoms with van der Waals surface area (Å²) in [6.45, 7) is 7.47. The van der Waals surface area contributed by atoms with Gasteiger partial charge in [-0.25, -0.2) is 0 Å². The number of hydrogen-bond acceptors (Lipinski definition) is 2. The molecule has 0 unspecified atom stereocenters. The van der Waals surface area contributed by atoms with Crippen LogP contribution in [0.3, 0.4) is 0 Å². The Balaban J connectivity index is 2.36. The summed E-state index contributed by atoms with van der Waals surface area (Å²) in [5.41, 5.74) is 3.70. The fourth-order valence-corrected chi connectivity index (χ4v) is 2.16. The van der Waals surface area contributed by atoms with Crippen LogP contribution < -0.4 is 0 Å². The first-order valence-corrected chi connectivity index (χ1v) is 6.90. The van der Waals surface area contributed by atoms with Crippen LogP contribution >= 0.6 is 0 Å². The van der Waals surface area contributed by atoms with E-state index in [2.05, 4.69) is 18.1 Å². The molecule has 0 atom stereocenters. The van der Waals surface area contributed by atoms with Crippen LogP contribution in [0.25, 0.3) is 12.2 Å². The molecule has 0 radical (unpaired) electrons. The number of benzene rings is 1. The number of hydrogen-bond donors (Lipinski definition) is 1. The van der Waals surface area contributed by atoms with Gasteiger partial charge in [0.2, 0.25) is 0 Å². The number of aromatic hydroxyl groups is 1. The molecule has 1 N–H and O–H groups in total. The zero-order valence-electron chi connectivity index (χ0n) is 12.0. The second-order valence-electron chi connectivity index (χ2n) is 4.76. The van der Waals surface area contributed by atoms with E-state index in [1.165, 1.54) is 0 Å². The zero-order chi connectivity index (χ0) is 15.1. The Kier molecular flexibility index (Phi) is 5.10. The Morgan fingerprint density at radius 2 is 1.67 bits per heavy atom. The van der Waals surface area contributed by atoms with Crippen LogP contribution in [0.2, 0.25) is 0 Å². The van der Waals surface area contributed by atoms with Crippen molar-refractivity contribution in [1.82, 2.24) is 4.98 Å². The molecule has 0 amide bonds. The van der Waals surface area contributed by atoms with E-state index in [9.17, 15) is 5.11 Å². The molecule has 1 aromatic carbocycles. The molecule has 0 bridgehead atoms. The molecule has 0 aliphatic carbocycles. The molecule has 0 saturated heterocycles. The summed E-state index contributed by atoms with van der Waals surface area (Å²) in [5, 5.41) is 10.2. The summed E-state index contributed by atoms with van der Waals surface area (Å²) in [6.07, 6.45) is 10.6. The van der Waals surface area contributed by atoms with E-state index >= 15 is 0 Å². The van der Waals surface area contributed by atoms with Crippen LogP contribution in [0.4, 0.5) is 0 Å². The number of aromatic nitrogens is 1. The van der Waals surface area contributed by atoms with E-state index in [1.807, 2.05) is 42.5 Å². The van der Waals surface area contributed by atoms with E-state index in [0.717, 1.165) is 22.4 Å². The van der Waals surface area contributed by atoms with E-state index in [-0.39, 0.29) is 0 Å². The van der Waals surface area contributed by atoms with Crippen molar-refractivity contribution in [3.8, 4) is 5.75 Å². The standard InChI is InChI=1S/C19H19NO/c1-3-7-16-13-15(14-17(8-4-2)19(16)21)10-11-18-9-5-6-12-20-18/h3-6,9-14,21H,1-2,7-8H2/b11-10+. The first kappa shape index (κ1) is 14.8. The largest absolute Gasteiger partial charge is 0.507 e. The number of pyridine rings is 1. The minimum Gasteiger partial charge on any atom is -0.507 e. The highest BCUT2D eigenvalue weighted by Crippen LogP contribution is 2.27. The third kappa shape index (κ3) is 3.93. The van der Waals surface area contributed by atoms with Crippen LogP contribution in [0.5, 0.6) is 5.75 Å². The van der Waals surface area contributed by atoms with Crippen molar-refractivity contribution in [2.75, 3.05) is 0 Å². The van der Waals surface area contributed by atoms with Crippen molar-refractivity contribution in [3.05, 3.63) is 84.2 Å². The molecular weight excluding hydrogens is 258 g/mol. The van der Waals surface area contributed by atoms with E-state index in [1.54, 1.807) is 18.3 Å². The maximum Gasteiger partial charge on any atom is 0.122 e. The molecule has 2 nitrogen and oxygen atoms in total. The molecule has 0 spiro atoms. The predicted octanol–water partition coefficient (Wildman–Crippen LogP) is 4.41. The van der Waals surface area contributed by atoms with Gasteiger partial charge in [0, 0.05) is 6.20 Å². The number of phenolic OH excluding ortho intramolecular Hbond substituents is 1. The Morgan fingerprint density at radius 1 is 1.00 bits per heavy atom. The van der Waals surface area contributed by atoms with Gasteiger partial charge in [0.1, 0.15) is 5.75 Å². The molecule has 106 valence electrons. The second kappa shape index (κ2) is 7.25. The van der Waals surface area contributed by atoms with Crippen LogP contribution in [-0.4, -0.2) is 10.1 Å². The first-order valence-electron chi connectivity index (χ1n) is 6.90. The molecule has 2 rings (SSSR count). The maximum absolute atomic E-state index is 10.2. The summed E-state index contributed by atoms with van der Waals surface area (Å²) in [7, 11) is 0. The Bertz CT molecular complexity index is 626. The minimum atomic E-state index is 0.338. The number of phenols is 1. The molecule has 0 aliphatic rings. The third-order valence-corrected chi connectivity index (χ3v) is 3.15. The van der Waals surface area contributed by atoms with Crippen LogP contribution in [0, 0.1) is 0 Å². The molecule has 1 heterocycles. The number of allylic oxidation sites excluding steroid dienone is 2. The quantitative estimate of drug-likeness (QED) is 0.793. The normalized spacial score (nSPS) is 10.7. The number of rotatable bonds is 6. The molecule has 0 saturated carbocycles. The Hall–Kier alpha value is -2.61. The highest BCUT2D eigenvalue weighted by Gasteiger charge is 2.07. The SMILES string of the molecule is C=CCc1cc(/C=C/c2ccccn2)cc(CC=C)c1O.